The van der Waals surface area contributed by atoms with Crippen molar-refractivity contribution in [3.63, 3.8) is 0 Å². The second-order valence-electron chi connectivity index (χ2n) is 3.62. The van der Waals surface area contributed by atoms with Crippen molar-refractivity contribution in [1.82, 2.24) is 9.97 Å². The van der Waals surface area contributed by atoms with E-state index in [0.717, 1.165) is 0 Å². The smallest absolute Gasteiger partial charge is 0.280 e. The molecule has 0 fully saturated rings. The van der Waals surface area contributed by atoms with Crippen molar-refractivity contribution in [2.24, 2.45) is 4.99 Å². The van der Waals surface area contributed by atoms with Crippen molar-refractivity contribution in [3.8, 4) is 0 Å². The molecule has 0 aromatic carbocycles. The van der Waals surface area contributed by atoms with Crippen LogP contribution >= 0.6 is 0 Å². The Morgan fingerprint density at radius 3 is 2.94 bits per heavy atom. The largest absolute Gasteiger partial charge is 0.393 e. The zero-order valence-electron chi connectivity index (χ0n) is 9.17. The average molecular weight is 253 g/mol. The Kier molecular flexibility index (Phi) is 3.08. The Bertz CT molecular complexity index is 579. The topological polar surface area (TPSA) is 154 Å². The lowest BCUT2D eigenvalue weighted by molar-refractivity contribution is -0.122. The molecule has 1 atom stereocenters. The summed E-state index contributed by atoms with van der Waals surface area (Å²) in [5, 5.41) is 20.6. The highest BCUT2D eigenvalue weighted by atomic mass is 16.3. The van der Waals surface area contributed by atoms with Gasteiger partial charge in [-0.05, 0) is 0 Å². The molecular formula is C9H11N5O4. The summed E-state index contributed by atoms with van der Waals surface area (Å²) < 4.78 is 0. The van der Waals surface area contributed by atoms with Gasteiger partial charge < -0.3 is 21.3 Å². The lowest BCUT2D eigenvalue weighted by Gasteiger charge is -2.16. The fraction of sp³-hybridized carbons (Fsp3) is 0.333. The molecule has 96 valence electrons. The molecule has 6 N–H and O–H groups in total. The van der Waals surface area contributed by atoms with Crippen molar-refractivity contribution in [3.05, 3.63) is 10.4 Å². The first-order chi connectivity index (χ1) is 8.52. The highest BCUT2D eigenvalue weighted by Gasteiger charge is 2.25. The van der Waals surface area contributed by atoms with Crippen LogP contribution in [0.4, 0.5) is 17.5 Å². The lowest BCUT2D eigenvalue weighted by atomic mass is 10.1. The third-order valence-electron chi connectivity index (χ3n) is 2.34. The number of aromatic amines is 1. The number of aromatic nitrogens is 2. The van der Waals surface area contributed by atoms with Gasteiger partial charge >= 0.3 is 0 Å². The Balaban J connectivity index is 2.42. The van der Waals surface area contributed by atoms with Crippen molar-refractivity contribution in [1.29, 1.82) is 0 Å². The molecule has 9 nitrogen and oxygen atoms in total. The number of nitrogens with zero attached hydrogens (tertiary/aromatic N) is 2. The molecule has 0 saturated carbocycles. The molecule has 0 aliphatic carbocycles. The maximum atomic E-state index is 11.6. The van der Waals surface area contributed by atoms with Crippen LogP contribution in [0.2, 0.25) is 0 Å². The Morgan fingerprint density at radius 1 is 1.56 bits per heavy atom. The van der Waals surface area contributed by atoms with Crippen LogP contribution in [0.3, 0.4) is 0 Å². The van der Waals surface area contributed by atoms with E-state index in [9.17, 15) is 14.7 Å². The lowest BCUT2D eigenvalue weighted by Crippen LogP contribution is -2.37. The summed E-state index contributed by atoms with van der Waals surface area (Å²) in [6, 6.07) is 0. The molecule has 9 heteroatoms. The molecule has 0 radical (unpaired) electrons. The number of ketones is 1. The number of H-pyrrole nitrogens is 1. The molecular weight excluding hydrogens is 242 g/mol. The molecule has 2 heterocycles. The van der Waals surface area contributed by atoms with E-state index in [1.54, 1.807) is 0 Å². The summed E-state index contributed by atoms with van der Waals surface area (Å²) in [4.78, 5) is 33.0. The number of fused-ring (bicyclic) bond motifs is 1. The number of hydrogen-bond acceptors (Lipinski definition) is 8. The first-order valence-electron chi connectivity index (χ1n) is 5.07. The van der Waals surface area contributed by atoms with Gasteiger partial charge in [0.05, 0.1) is 13.2 Å². The fourth-order valence-corrected chi connectivity index (χ4v) is 1.47. The summed E-state index contributed by atoms with van der Waals surface area (Å²) in [6.07, 6.45) is -1.55. The highest BCUT2D eigenvalue weighted by molar-refractivity contribution is 6.43. The number of aliphatic hydroxyl groups is 2. The molecule has 0 bridgehead atoms. The zero-order chi connectivity index (χ0) is 13.3. The molecule has 1 aromatic rings. The summed E-state index contributed by atoms with van der Waals surface area (Å²) in [5.74, 6) is -0.634. The van der Waals surface area contributed by atoms with Crippen molar-refractivity contribution >= 4 is 28.9 Å². The predicted octanol–water partition coefficient (Wildman–Crippen LogP) is -2.23. The second-order valence-corrected chi connectivity index (χ2v) is 3.62. The van der Waals surface area contributed by atoms with E-state index in [2.05, 4.69) is 20.3 Å². The normalized spacial score (nSPS) is 15.3. The molecule has 1 aliphatic rings. The molecule has 0 spiro atoms. The van der Waals surface area contributed by atoms with Crippen molar-refractivity contribution < 1.29 is 15.0 Å². The van der Waals surface area contributed by atoms with E-state index in [0.29, 0.717) is 0 Å². The maximum Gasteiger partial charge on any atom is 0.280 e. The molecule has 0 saturated heterocycles. The van der Waals surface area contributed by atoms with Gasteiger partial charge in [0.25, 0.3) is 5.56 Å². The SMILES string of the molecule is Nc1nc2c(c(=O)[nH]1)N=C(C(=O)C(O)CO)CN2. The van der Waals surface area contributed by atoms with E-state index >= 15 is 0 Å². The Morgan fingerprint density at radius 2 is 2.28 bits per heavy atom. The van der Waals surface area contributed by atoms with E-state index in [1.807, 2.05) is 0 Å². The van der Waals surface area contributed by atoms with Gasteiger partial charge in [0.1, 0.15) is 11.8 Å². The number of rotatable bonds is 3. The first kappa shape index (κ1) is 12.2. The van der Waals surface area contributed by atoms with Gasteiger partial charge in [0.15, 0.2) is 11.5 Å². The number of nitrogens with one attached hydrogen (secondary N) is 2. The summed E-state index contributed by atoms with van der Waals surface area (Å²) in [7, 11) is 0. The van der Waals surface area contributed by atoms with Gasteiger partial charge in [-0.3, -0.25) is 14.6 Å². The van der Waals surface area contributed by atoms with Crippen molar-refractivity contribution in [2.75, 3.05) is 24.2 Å². The number of aliphatic hydroxyl groups excluding tert-OH is 2. The number of nitrogens with two attached hydrogens (primary N) is 1. The number of carbonyl (C=O) groups is 1. The summed E-state index contributed by atoms with van der Waals surface area (Å²) in [5.41, 5.74) is 4.63. The molecule has 1 aliphatic heterocycles. The van der Waals surface area contributed by atoms with Gasteiger partial charge in [0, 0.05) is 0 Å². The minimum Gasteiger partial charge on any atom is -0.393 e. The van der Waals surface area contributed by atoms with Gasteiger partial charge in [-0.15, -0.1) is 0 Å². The summed E-state index contributed by atoms with van der Waals surface area (Å²) >= 11 is 0. The average Bonchev–Trinajstić information content (AvgIpc) is 2.36. The zero-order valence-corrected chi connectivity index (χ0v) is 9.17. The quantitative estimate of drug-likeness (QED) is 0.408. The van der Waals surface area contributed by atoms with Crippen LogP contribution in [0.15, 0.2) is 9.79 Å². The maximum absolute atomic E-state index is 11.6. The van der Waals surface area contributed by atoms with Crippen LogP contribution in [-0.4, -0.2) is 50.9 Å². The van der Waals surface area contributed by atoms with Crippen LogP contribution in [0, 0.1) is 0 Å². The molecule has 1 aromatic heterocycles. The van der Waals surface area contributed by atoms with Gasteiger partial charge in [-0.1, -0.05) is 0 Å². The first-order valence-corrected chi connectivity index (χ1v) is 5.07. The van der Waals surface area contributed by atoms with Crippen LogP contribution in [0.5, 0.6) is 0 Å². The standard InChI is InChI=1S/C9H11N5O4/c10-9-13-7-5(8(18)14-9)12-3(1-11-7)6(17)4(16)2-15/h4,15-16H,1-2H2,(H4,10,11,13,14,18). The summed E-state index contributed by atoms with van der Waals surface area (Å²) in [6.45, 7) is -0.708. The Hall–Kier alpha value is -2.26. The van der Waals surface area contributed by atoms with Gasteiger partial charge in [-0.25, -0.2) is 4.99 Å². The van der Waals surface area contributed by atoms with E-state index in [1.165, 1.54) is 0 Å². The number of anilines is 2. The minimum absolute atomic E-state index is 0.00120. The number of nitrogen functional groups attached to an aromatic ring is 1. The number of carbonyl (C=O) groups excluding carboxylic acids is 1. The van der Waals surface area contributed by atoms with Crippen molar-refractivity contribution in [2.45, 2.75) is 6.10 Å². The second kappa shape index (κ2) is 4.55. The highest BCUT2D eigenvalue weighted by Crippen LogP contribution is 2.21. The fourth-order valence-electron chi connectivity index (χ4n) is 1.47. The molecule has 2 rings (SSSR count). The number of aliphatic imine (C=N–C) groups is 1. The Labute approximate surface area is 100 Å². The number of Topliss-reactive ketones (excluding diaryl/α,β-unsaturated/α-hetero) is 1. The van der Waals surface area contributed by atoms with Crippen LogP contribution in [0.1, 0.15) is 0 Å². The van der Waals surface area contributed by atoms with Crippen LogP contribution in [-0.2, 0) is 4.79 Å². The third kappa shape index (κ3) is 2.08. The molecule has 18 heavy (non-hydrogen) atoms. The van der Waals surface area contributed by atoms with Crippen LogP contribution < -0.4 is 16.6 Å². The van der Waals surface area contributed by atoms with E-state index in [4.69, 9.17) is 10.8 Å². The molecule has 0 amide bonds. The van der Waals surface area contributed by atoms with Crippen LogP contribution in [0.25, 0.3) is 0 Å². The predicted molar refractivity (Wildman–Crippen MR) is 63.0 cm³/mol. The number of hydrogen-bond donors (Lipinski definition) is 5. The minimum atomic E-state index is -1.55. The van der Waals surface area contributed by atoms with Gasteiger partial charge in [-0.2, -0.15) is 4.98 Å². The van der Waals surface area contributed by atoms with E-state index < -0.39 is 24.1 Å². The monoisotopic (exact) mass is 253 g/mol. The van der Waals surface area contributed by atoms with Gasteiger partial charge in [0.2, 0.25) is 11.7 Å². The molecule has 1 unspecified atom stereocenters. The third-order valence-corrected chi connectivity index (χ3v) is 2.34. The van der Waals surface area contributed by atoms with E-state index in [-0.39, 0.29) is 29.7 Å².